The second kappa shape index (κ2) is 17.2. The van der Waals surface area contributed by atoms with Crippen LogP contribution in [0.3, 0.4) is 0 Å². The van der Waals surface area contributed by atoms with Gasteiger partial charge in [0, 0.05) is 25.6 Å². The van der Waals surface area contributed by atoms with E-state index >= 15 is 0 Å². The number of rotatable bonds is 16. The lowest BCUT2D eigenvalue weighted by molar-refractivity contribution is -0.904. The predicted molar refractivity (Wildman–Crippen MR) is 185 cm³/mol. The van der Waals surface area contributed by atoms with E-state index in [1.165, 1.54) is 4.90 Å². The number of hydrogen-bond acceptors (Lipinski definition) is 9. The zero-order valence-corrected chi connectivity index (χ0v) is 29.3. The average Bonchev–Trinajstić information content (AvgIpc) is 3.54. The molecule has 2 aromatic rings. The van der Waals surface area contributed by atoms with E-state index < -0.39 is 76.8 Å². The van der Waals surface area contributed by atoms with Crippen molar-refractivity contribution in [1.29, 1.82) is 0 Å². The Morgan fingerprint density at radius 1 is 1.00 bits per heavy atom. The Bertz CT molecular complexity index is 1530. The van der Waals surface area contributed by atoms with E-state index in [0.29, 0.717) is 29.8 Å². The van der Waals surface area contributed by atoms with Crippen molar-refractivity contribution in [3.63, 3.8) is 0 Å². The first-order chi connectivity index (χ1) is 23.5. The summed E-state index contributed by atoms with van der Waals surface area (Å²) in [6.45, 7) is 5.29. The number of likely N-dealkylation sites (N-methyl/N-ethyl adjacent to an activating group) is 2. The standard InChI is InChI=1S/C35H49N7O8/c1-35(2,3)42(17-9-12-27(42)32(37)47)34(49)31(46)25(18-22-10-7-6-8-11-22)40-33(48)26(19-28(36)43)39-29(44)21-50-24-15-13-23(14-16-24)41(5)30(45)20-38-4/h6-8,10-11,13-16,25-27,31,38,46H,9,12,17-21H2,1-5H3,(H5-,36,37,39,40,43,44,47,48)/p+1/t25-,26-,27-,31-,42?/m0/s1. The summed E-state index contributed by atoms with van der Waals surface area (Å²) >= 11 is 0. The minimum absolute atomic E-state index is 0.0109. The van der Waals surface area contributed by atoms with Crippen LogP contribution in [-0.4, -0.2) is 109 Å². The molecule has 0 bridgehead atoms. The number of hydrogen-bond donors (Lipinski definition) is 6. The maximum Gasteiger partial charge on any atom is 0.345 e. The number of quaternary nitrogens is 1. The number of benzene rings is 2. The van der Waals surface area contributed by atoms with Gasteiger partial charge in [-0.1, -0.05) is 30.3 Å². The molecule has 6 amide bonds. The molecule has 5 atom stereocenters. The summed E-state index contributed by atoms with van der Waals surface area (Å²) in [5.74, 6) is -3.66. The van der Waals surface area contributed by atoms with Crippen molar-refractivity contribution in [3.8, 4) is 5.75 Å². The highest BCUT2D eigenvalue weighted by molar-refractivity contribution is 5.94. The van der Waals surface area contributed by atoms with Crippen molar-refractivity contribution in [2.45, 2.75) is 76.2 Å². The monoisotopic (exact) mass is 696 g/mol. The van der Waals surface area contributed by atoms with Crippen molar-refractivity contribution in [2.24, 2.45) is 11.5 Å². The largest absolute Gasteiger partial charge is 0.484 e. The number of aliphatic hydroxyl groups is 1. The molecule has 1 unspecified atom stereocenters. The van der Waals surface area contributed by atoms with Crippen LogP contribution in [0.2, 0.25) is 0 Å². The average molecular weight is 697 g/mol. The Morgan fingerprint density at radius 2 is 1.64 bits per heavy atom. The van der Waals surface area contributed by atoms with Crippen LogP contribution in [0.15, 0.2) is 54.6 Å². The van der Waals surface area contributed by atoms with Crippen LogP contribution in [0.1, 0.15) is 45.6 Å². The highest BCUT2D eigenvalue weighted by Crippen LogP contribution is 2.38. The predicted octanol–water partition coefficient (Wildman–Crippen LogP) is -0.514. The summed E-state index contributed by atoms with van der Waals surface area (Å²) in [5.41, 5.74) is 11.6. The molecule has 1 heterocycles. The highest BCUT2D eigenvalue weighted by atomic mass is 16.5. The first-order valence-electron chi connectivity index (χ1n) is 16.5. The van der Waals surface area contributed by atoms with Crippen molar-refractivity contribution < 1.29 is 43.1 Å². The van der Waals surface area contributed by atoms with Gasteiger partial charge in [-0.05, 0) is 64.1 Å². The molecule has 272 valence electrons. The molecule has 50 heavy (non-hydrogen) atoms. The number of ether oxygens (including phenoxy) is 1. The molecule has 2 aromatic carbocycles. The molecule has 0 aromatic heterocycles. The van der Waals surface area contributed by atoms with Crippen LogP contribution in [0.4, 0.5) is 5.69 Å². The van der Waals surface area contributed by atoms with E-state index in [1.54, 1.807) is 89.5 Å². The normalized spacial score (nSPS) is 19.0. The fraction of sp³-hybridized carbons (Fsp3) is 0.486. The van der Waals surface area contributed by atoms with Gasteiger partial charge in [0.2, 0.25) is 17.7 Å². The summed E-state index contributed by atoms with van der Waals surface area (Å²) in [4.78, 5) is 79.0. The summed E-state index contributed by atoms with van der Waals surface area (Å²) in [7, 11) is 3.29. The second-order valence-corrected chi connectivity index (χ2v) is 13.5. The van der Waals surface area contributed by atoms with Crippen molar-refractivity contribution in [1.82, 2.24) is 16.0 Å². The number of carbonyl (C=O) groups excluding carboxylic acids is 6. The van der Waals surface area contributed by atoms with E-state index in [9.17, 15) is 33.9 Å². The zero-order chi connectivity index (χ0) is 37.2. The van der Waals surface area contributed by atoms with Gasteiger partial charge in [0.15, 0.2) is 18.8 Å². The van der Waals surface area contributed by atoms with Gasteiger partial charge in [0.05, 0.1) is 31.1 Å². The van der Waals surface area contributed by atoms with Gasteiger partial charge in [-0.3, -0.25) is 24.0 Å². The lowest BCUT2D eigenvalue weighted by Gasteiger charge is -2.47. The van der Waals surface area contributed by atoms with Gasteiger partial charge < -0.3 is 42.2 Å². The number of amides is 6. The third-order valence-corrected chi connectivity index (χ3v) is 9.05. The SMILES string of the molecule is CNCC(=O)N(C)c1ccc(OCC(=O)N[C@@H](CC(N)=O)C(=O)N[C@@H](Cc2ccccc2)[C@H](O)C(=O)[N+]2(C(C)(C)C)CCC[C@H]2C(N)=O)cc1. The van der Waals surface area contributed by atoms with Gasteiger partial charge in [0.1, 0.15) is 11.8 Å². The van der Waals surface area contributed by atoms with Crippen LogP contribution in [0, 0.1) is 0 Å². The number of nitrogens with one attached hydrogen (secondary N) is 3. The fourth-order valence-corrected chi connectivity index (χ4v) is 6.44. The Balaban J connectivity index is 1.79. The first-order valence-corrected chi connectivity index (χ1v) is 16.5. The number of nitrogens with zero attached hydrogens (tertiary/aromatic N) is 2. The molecule has 1 saturated heterocycles. The van der Waals surface area contributed by atoms with Gasteiger partial charge >= 0.3 is 5.91 Å². The molecule has 15 heteroatoms. The fourth-order valence-electron chi connectivity index (χ4n) is 6.44. The number of aliphatic hydroxyl groups excluding tert-OH is 1. The molecule has 1 aliphatic rings. The van der Waals surface area contributed by atoms with Gasteiger partial charge in [-0.15, -0.1) is 0 Å². The molecular formula is C35H50N7O8+. The van der Waals surface area contributed by atoms with E-state index in [4.69, 9.17) is 16.2 Å². The van der Waals surface area contributed by atoms with Gasteiger partial charge in [-0.2, -0.15) is 0 Å². The maximum absolute atomic E-state index is 14.3. The van der Waals surface area contributed by atoms with Crippen LogP contribution in [0.25, 0.3) is 0 Å². The van der Waals surface area contributed by atoms with Crippen LogP contribution in [-0.2, 0) is 35.2 Å². The van der Waals surface area contributed by atoms with Crippen molar-refractivity contribution in [3.05, 3.63) is 60.2 Å². The summed E-state index contributed by atoms with van der Waals surface area (Å²) in [6, 6.07) is 11.7. The van der Waals surface area contributed by atoms with Gasteiger partial charge in [-0.25, -0.2) is 9.28 Å². The van der Waals surface area contributed by atoms with E-state index in [1.807, 2.05) is 0 Å². The molecule has 1 aliphatic heterocycles. The van der Waals surface area contributed by atoms with Crippen LogP contribution >= 0.6 is 0 Å². The zero-order valence-electron chi connectivity index (χ0n) is 29.3. The second-order valence-electron chi connectivity index (χ2n) is 13.5. The van der Waals surface area contributed by atoms with Gasteiger partial charge in [0.25, 0.3) is 11.8 Å². The van der Waals surface area contributed by atoms with Crippen LogP contribution in [0.5, 0.6) is 5.75 Å². The smallest absolute Gasteiger partial charge is 0.345 e. The third kappa shape index (κ3) is 9.64. The molecule has 0 saturated carbocycles. The first kappa shape index (κ1) is 39.6. The molecule has 8 N–H and O–H groups in total. The lowest BCUT2D eigenvalue weighted by atomic mass is 9.93. The maximum atomic E-state index is 14.3. The third-order valence-electron chi connectivity index (χ3n) is 9.05. The number of nitrogens with two attached hydrogens (primary N) is 2. The molecule has 1 fully saturated rings. The number of primary amides is 2. The Labute approximate surface area is 292 Å². The Hall–Kier alpha value is -4.86. The molecule has 0 radical (unpaired) electrons. The summed E-state index contributed by atoms with van der Waals surface area (Å²) < 4.78 is 5.16. The molecule has 0 aliphatic carbocycles. The molecule has 3 rings (SSSR count). The summed E-state index contributed by atoms with van der Waals surface area (Å²) in [5, 5.41) is 19.6. The molecular weight excluding hydrogens is 646 g/mol. The lowest BCUT2D eigenvalue weighted by Crippen LogP contribution is -2.72. The molecule has 15 nitrogen and oxygen atoms in total. The number of carbonyl (C=O) groups is 6. The topological polar surface area (TPSA) is 223 Å². The quantitative estimate of drug-likeness (QED) is 0.124. The summed E-state index contributed by atoms with van der Waals surface area (Å²) in [6.07, 6.45) is -1.45. The minimum atomic E-state index is -1.79. The Kier molecular flexibility index (Phi) is 13.6. The minimum Gasteiger partial charge on any atom is -0.484 e. The van der Waals surface area contributed by atoms with Crippen molar-refractivity contribution in [2.75, 3.05) is 38.7 Å². The number of anilines is 1. The van der Waals surface area contributed by atoms with E-state index in [2.05, 4.69) is 16.0 Å². The highest BCUT2D eigenvalue weighted by Gasteiger charge is 2.60. The van der Waals surface area contributed by atoms with E-state index in [0.717, 1.165) is 0 Å². The van der Waals surface area contributed by atoms with E-state index in [-0.39, 0.29) is 25.4 Å². The van der Waals surface area contributed by atoms with Crippen LogP contribution < -0.4 is 37.1 Å². The molecule has 0 spiro atoms. The Morgan fingerprint density at radius 3 is 2.20 bits per heavy atom. The number of likely N-dealkylation sites (tertiary alicyclic amines) is 1. The van der Waals surface area contributed by atoms with Crippen molar-refractivity contribution >= 4 is 41.1 Å².